The first-order valence-electron chi connectivity index (χ1n) is 3.65. The minimum absolute atomic E-state index is 0. The van der Waals surface area contributed by atoms with Gasteiger partial charge in [0.1, 0.15) is 0 Å². The smallest absolute Gasteiger partial charge is 0.0460 e. The van der Waals surface area contributed by atoms with Gasteiger partial charge in [-0.05, 0) is 18.0 Å². The molecule has 64 valence electrons. The quantitative estimate of drug-likeness (QED) is 0.680. The number of halogens is 1. The maximum absolute atomic E-state index is 3.25. The Bertz CT molecular complexity index is 369. The molecule has 0 saturated carbocycles. The van der Waals surface area contributed by atoms with Gasteiger partial charge in [0.25, 0.3) is 0 Å². The van der Waals surface area contributed by atoms with E-state index in [1.54, 1.807) is 0 Å². The number of H-pyrrole nitrogens is 1. The number of fused-ring (bicyclic) bond motifs is 1. The molecule has 0 aliphatic carbocycles. The monoisotopic (exact) mass is 199 g/mol. The fourth-order valence-corrected chi connectivity index (χ4v) is 1.98. The van der Waals surface area contributed by atoms with Gasteiger partial charge < -0.3 is 4.98 Å². The van der Waals surface area contributed by atoms with Crippen LogP contribution in [0.25, 0.3) is 10.9 Å². The molecule has 1 atom stereocenters. The molecule has 3 heteroatoms. The van der Waals surface area contributed by atoms with Gasteiger partial charge in [-0.15, -0.1) is 12.4 Å². The number of aromatic amines is 1. The molecule has 1 unspecified atom stereocenters. The molecule has 0 amide bonds. The third kappa shape index (κ3) is 1.48. The highest BCUT2D eigenvalue weighted by molar-refractivity contribution is 7.47. The molecule has 2 rings (SSSR count). The third-order valence-electron chi connectivity index (χ3n) is 1.86. The molecule has 0 bridgehead atoms. The summed E-state index contributed by atoms with van der Waals surface area (Å²) in [5.74, 6) is 0. The standard InChI is InChI=1S/C9H10NP.ClH/c1-11-9-6-10-8-5-3-2-4-7(8)9;/h2-6,10-11H,1H3;1H. The molecule has 12 heavy (non-hydrogen) atoms. The molecule has 0 spiro atoms. The molecule has 2 aromatic rings. The van der Waals surface area contributed by atoms with Crippen molar-refractivity contribution in [2.45, 2.75) is 0 Å². The second-order valence-electron chi connectivity index (χ2n) is 2.50. The topological polar surface area (TPSA) is 15.8 Å². The Kier molecular flexibility index (Phi) is 3.13. The van der Waals surface area contributed by atoms with Gasteiger partial charge in [-0.25, -0.2) is 0 Å². The lowest BCUT2D eigenvalue weighted by Crippen LogP contribution is -1.86. The number of rotatable bonds is 1. The normalized spacial score (nSPS) is 10.8. The minimum atomic E-state index is 0. The zero-order valence-corrected chi connectivity index (χ0v) is 8.61. The maximum atomic E-state index is 3.25. The Morgan fingerprint density at radius 1 is 1.25 bits per heavy atom. The van der Waals surface area contributed by atoms with Crippen LogP contribution in [-0.4, -0.2) is 11.6 Å². The summed E-state index contributed by atoms with van der Waals surface area (Å²) in [5, 5.41) is 2.80. The predicted molar refractivity (Wildman–Crippen MR) is 59.4 cm³/mol. The lowest BCUT2D eigenvalue weighted by Gasteiger charge is -1.90. The Balaban J connectivity index is 0.000000720. The minimum Gasteiger partial charge on any atom is -0.361 e. The number of benzene rings is 1. The molecule has 0 aliphatic rings. The van der Waals surface area contributed by atoms with Crippen molar-refractivity contribution in [1.29, 1.82) is 0 Å². The summed E-state index contributed by atoms with van der Waals surface area (Å²) >= 11 is 0. The van der Waals surface area contributed by atoms with E-state index in [-0.39, 0.29) is 12.4 Å². The molecule has 0 radical (unpaired) electrons. The van der Waals surface area contributed by atoms with E-state index in [0.717, 1.165) is 8.58 Å². The highest BCUT2D eigenvalue weighted by Crippen LogP contribution is 2.15. The van der Waals surface area contributed by atoms with Crippen molar-refractivity contribution in [2.75, 3.05) is 6.66 Å². The Hall–Kier alpha value is -0.520. The molecular weight excluding hydrogens is 189 g/mol. The average molecular weight is 200 g/mol. The van der Waals surface area contributed by atoms with Crippen molar-refractivity contribution in [2.24, 2.45) is 0 Å². The average Bonchev–Trinajstić information content (AvgIpc) is 2.47. The summed E-state index contributed by atoms with van der Waals surface area (Å²) in [6.07, 6.45) is 2.10. The Morgan fingerprint density at radius 2 is 2.00 bits per heavy atom. The van der Waals surface area contributed by atoms with Crippen LogP contribution in [0.3, 0.4) is 0 Å². The van der Waals surface area contributed by atoms with E-state index < -0.39 is 0 Å². The van der Waals surface area contributed by atoms with Gasteiger partial charge in [0.05, 0.1) is 0 Å². The lowest BCUT2D eigenvalue weighted by molar-refractivity contribution is 1.49. The summed E-state index contributed by atoms with van der Waals surface area (Å²) in [5.41, 5.74) is 1.25. The molecule has 1 aromatic heterocycles. The molecule has 1 heterocycles. The van der Waals surface area contributed by atoms with Gasteiger partial charge in [-0.3, -0.25) is 0 Å². The van der Waals surface area contributed by atoms with Crippen molar-refractivity contribution < 1.29 is 0 Å². The van der Waals surface area contributed by atoms with Gasteiger partial charge >= 0.3 is 0 Å². The van der Waals surface area contributed by atoms with E-state index in [0.29, 0.717) is 0 Å². The Labute approximate surface area is 79.8 Å². The lowest BCUT2D eigenvalue weighted by atomic mass is 10.2. The predicted octanol–water partition coefficient (Wildman–Crippen LogP) is 2.52. The van der Waals surface area contributed by atoms with E-state index in [2.05, 4.69) is 42.1 Å². The van der Waals surface area contributed by atoms with Crippen molar-refractivity contribution >= 4 is 37.2 Å². The first kappa shape index (κ1) is 9.57. The number of hydrogen-bond donors (Lipinski definition) is 1. The molecule has 0 fully saturated rings. The first-order valence-corrected chi connectivity index (χ1v) is 5.15. The fraction of sp³-hybridized carbons (Fsp3) is 0.111. The van der Waals surface area contributed by atoms with E-state index >= 15 is 0 Å². The fourth-order valence-electron chi connectivity index (χ4n) is 1.28. The first-order chi connectivity index (χ1) is 5.42. The van der Waals surface area contributed by atoms with Crippen LogP contribution in [0, 0.1) is 0 Å². The molecule has 0 aliphatic heterocycles. The second kappa shape index (κ2) is 3.93. The van der Waals surface area contributed by atoms with E-state index in [1.807, 2.05) is 0 Å². The van der Waals surface area contributed by atoms with Crippen LogP contribution in [0.5, 0.6) is 0 Å². The van der Waals surface area contributed by atoms with E-state index in [9.17, 15) is 0 Å². The van der Waals surface area contributed by atoms with Crippen LogP contribution in [0.15, 0.2) is 30.5 Å². The summed E-state index contributed by atoms with van der Waals surface area (Å²) in [4.78, 5) is 3.25. The number of hydrogen-bond acceptors (Lipinski definition) is 0. The largest absolute Gasteiger partial charge is 0.361 e. The van der Waals surface area contributed by atoms with Crippen LogP contribution in [-0.2, 0) is 0 Å². The van der Waals surface area contributed by atoms with Gasteiger partial charge in [-0.2, -0.15) is 0 Å². The number of nitrogens with one attached hydrogen (secondary N) is 1. The summed E-state index contributed by atoms with van der Waals surface area (Å²) in [6.45, 7) is 2.20. The van der Waals surface area contributed by atoms with Crippen LogP contribution in [0.1, 0.15) is 0 Å². The summed E-state index contributed by atoms with van der Waals surface area (Å²) < 4.78 is 0. The SMILES string of the molecule is CPc1c[nH]c2ccccc12.Cl. The van der Waals surface area contributed by atoms with Gasteiger partial charge in [0, 0.05) is 17.1 Å². The highest BCUT2D eigenvalue weighted by Gasteiger charge is 1.97. The maximum Gasteiger partial charge on any atom is 0.0460 e. The second-order valence-corrected chi connectivity index (χ2v) is 3.54. The van der Waals surface area contributed by atoms with Crippen molar-refractivity contribution in [3.63, 3.8) is 0 Å². The van der Waals surface area contributed by atoms with Gasteiger partial charge in [-0.1, -0.05) is 26.8 Å². The zero-order chi connectivity index (χ0) is 7.68. The molecular formula is C9H11ClNP. The molecule has 0 saturated heterocycles. The third-order valence-corrected chi connectivity index (χ3v) is 2.81. The van der Waals surface area contributed by atoms with Crippen LogP contribution in [0.4, 0.5) is 0 Å². The molecule has 1 nitrogen and oxygen atoms in total. The van der Waals surface area contributed by atoms with Gasteiger partial charge in [0.15, 0.2) is 0 Å². The number of aromatic nitrogens is 1. The highest BCUT2D eigenvalue weighted by atomic mass is 35.5. The summed E-state index contributed by atoms with van der Waals surface area (Å²) in [6, 6.07) is 8.41. The summed E-state index contributed by atoms with van der Waals surface area (Å²) in [7, 11) is 0.877. The van der Waals surface area contributed by atoms with Crippen molar-refractivity contribution in [3.8, 4) is 0 Å². The Morgan fingerprint density at radius 3 is 2.75 bits per heavy atom. The van der Waals surface area contributed by atoms with Crippen LogP contribution >= 0.6 is 21.0 Å². The van der Waals surface area contributed by atoms with Crippen LogP contribution in [0.2, 0.25) is 0 Å². The van der Waals surface area contributed by atoms with Crippen LogP contribution < -0.4 is 5.30 Å². The van der Waals surface area contributed by atoms with E-state index in [4.69, 9.17) is 0 Å². The van der Waals surface area contributed by atoms with E-state index in [1.165, 1.54) is 16.2 Å². The number of para-hydroxylation sites is 1. The van der Waals surface area contributed by atoms with Gasteiger partial charge in [0.2, 0.25) is 0 Å². The molecule has 1 N–H and O–H groups in total. The van der Waals surface area contributed by atoms with Crippen molar-refractivity contribution in [1.82, 2.24) is 4.98 Å². The molecule has 1 aromatic carbocycles. The van der Waals surface area contributed by atoms with Crippen molar-refractivity contribution in [3.05, 3.63) is 30.5 Å². The zero-order valence-electron chi connectivity index (χ0n) is 6.79.